The minimum absolute atomic E-state index is 0.239. The number of aryl methyl sites for hydroxylation is 1. The van der Waals surface area contributed by atoms with E-state index >= 15 is 0 Å². The van der Waals surface area contributed by atoms with E-state index in [4.69, 9.17) is 26.5 Å². The molecule has 1 aliphatic rings. The summed E-state index contributed by atoms with van der Waals surface area (Å²) >= 11 is 5.57. The van der Waals surface area contributed by atoms with Crippen LogP contribution in [-0.4, -0.2) is 47.8 Å². The summed E-state index contributed by atoms with van der Waals surface area (Å²) in [5.74, 6) is 0.385. The highest BCUT2D eigenvalue weighted by Gasteiger charge is 2.31. The van der Waals surface area contributed by atoms with Crippen molar-refractivity contribution in [3.63, 3.8) is 0 Å². The lowest BCUT2D eigenvalue weighted by Crippen LogP contribution is -2.52. The van der Waals surface area contributed by atoms with Gasteiger partial charge in [-0.05, 0) is 0 Å². The minimum Gasteiger partial charge on any atom is -0.408 e. The van der Waals surface area contributed by atoms with Crippen molar-refractivity contribution in [2.24, 2.45) is 5.73 Å². The molecule has 2 N–H and O–H groups in total. The van der Waals surface area contributed by atoms with Crippen molar-refractivity contribution >= 4 is 23.5 Å². The van der Waals surface area contributed by atoms with Gasteiger partial charge in [0.15, 0.2) is 0 Å². The SMILES string of the molecule is NC(=O)C1COCCN1c1nnc(CCCl)o1. The van der Waals surface area contributed by atoms with Gasteiger partial charge >= 0.3 is 6.01 Å². The third kappa shape index (κ3) is 2.67. The summed E-state index contributed by atoms with van der Waals surface area (Å²) in [4.78, 5) is 12.9. The number of alkyl halides is 1. The maximum atomic E-state index is 11.3. The van der Waals surface area contributed by atoms with Gasteiger partial charge in [0.05, 0.1) is 13.2 Å². The number of primary amides is 1. The van der Waals surface area contributed by atoms with E-state index < -0.39 is 11.9 Å². The van der Waals surface area contributed by atoms with Crippen molar-refractivity contribution < 1.29 is 13.9 Å². The first kappa shape index (κ1) is 12.1. The molecule has 1 aromatic heterocycles. The van der Waals surface area contributed by atoms with Gasteiger partial charge in [-0.25, -0.2) is 0 Å². The first-order valence-electron chi connectivity index (χ1n) is 5.24. The average molecular weight is 261 g/mol. The van der Waals surface area contributed by atoms with Crippen molar-refractivity contribution in [3.05, 3.63) is 5.89 Å². The maximum absolute atomic E-state index is 11.3. The highest BCUT2D eigenvalue weighted by Crippen LogP contribution is 2.18. The van der Waals surface area contributed by atoms with E-state index in [1.54, 1.807) is 4.90 Å². The van der Waals surface area contributed by atoms with E-state index in [2.05, 4.69) is 10.2 Å². The molecule has 0 spiro atoms. The smallest absolute Gasteiger partial charge is 0.319 e. The van der Waals surface area contributed by atoms with Crippen LogP contribution in [0.3, 0.4) is 0 Å². The van der Waals surface area contributed by atoms with Gasteiger partial charge in [0, 0.05) is 18.8 Å². The van der Waals surface area contributed by atoms with E-state index in [0.717, 1.165) is 0 Å². The van der Waals surface area contributed by atoms with Crippen molar-refractivity contribution in [1.82, 2.24) is 10.2 Å². The van der Waals surface area contributed by atoms with Gasteiger partial charge in [0.1, 0.15) is 6.04 Å². The van der Waals surface area contributed by atoms with E-state index in [0.29, 0.717) is 31.3 Å². The van der Waals surface area contributed by atoms with Crippen molar-refractivity contribution in [1.29, 1.82) is 0 Å². The molecule has 94 valence electrons. The Morgan fingerprint density at radius 1 is 1.59 bits per heavy atom. The normalized spacial score (nSPS) is 20.5. The zero-order valence-corrected chi connectivity index (χ0v) is 9.89. The van der Waals surface area contributed by atoms with Crippen LogP contribution in [0.1, 0.15) is 5.89 Å². The summed E-state index contributed by atoms with van der Waals surface area (Å²) in [7, 11) is 0. The Hall–Kier alpha value is -1.34. The van der Waals surface area contributed by atoms with Gasteiger partial charge in [-0.2, -0.15) is 0 Å². The summed E-state index contributed by atoms with van der Waals surface area (Å²) < 4.78 is 10.6. The predicted molar refractivity (Wildman–Crippen MR) is 59.9 cm³/mol. The lowest BCUT2D eigenvalue weighted by atomic mass is 10.2. The van der Waals surface area contributed by atoms with Crippen molar-refractivity contribution in [2.45, 2.75) is 12.5 Å². The topological polar surface area (TPSA) is 94.5 Å². The summed E-state index contributed by atoms with van der Waals surface area (Å²) in [6, 6.07) is -0.273. The van der Waals surface area contributed by atoms with Crippen LogP contribution in [0.2, 0.25) is 0 Å². The molecule has 7 nitrogen and oxygen atoms in total. The monoisotopic (exact) mass is 260 g/mol. The fourth-order valence-corrected chi connectivity index (χ4v) is 1.77. The largest absolute Gasteiger partial charge is 0.408 e. The molecule has 1 aromatic rings. The molecule has 1 saturated heterocycles. The van der Waals surface area contributed by atoms with Gasteiger partial charge in [0.25, 0.3) is 0 Å². The number of rotatable bonds is 4. The Morgan fingerprint density at radius 2 is 2.41 bits per heavy atom. The minimum atomic E-state index is -0.562. The standard InChI is InChI=1S/C9H13ClN4O3/c10-2-1-7-12-13-9(17-7)14-3-4-16-5-6(14)8(11)15/h6H,1-5H2,(H2,11,15). The zero-order valence-electron chi connectivity index (χ0n) is 9.13. The molecular weight excluding hydrogens is 248 g/mol. The third-order valence-corrected chi connectivity index (χ3v) is 2.66. The Kier molecular flexibility index (Phi) is 3.80. The molecule has 1 aliphatic heterocycles. The zero-order chi connectivity index (χ0) is 12.3. The van der Waals surface area contributed by atoms with E-state index in [-0.39, 0.29) is 12.6 Å². The van der Waals surface area contributed by atoms with E-state index in [9.17, 15) is 4.79 Å². The second-order valence-corrected chi connectivity index (χ2v) is 3.98. The summed E-state index contributed by atoms with van der Waals surface area (Å²) in [5.41, 5.74) is 5.29. The lowest BCUT2D eigenvalue weighted by Gasteiger charge is -2.31. The van der Waals surface area contributed by atoms with Crippen LogP contribution in [0.25, 0.3) is 0 Å². The van der Waals surface area contributed by atoms with Crippen LogP contribution < -0.4 is 10.6 Å². The second kappa shape index (κ2) is 5.33. The van der Waals surface area contributed by atoms with Gasteiger partial charge in [-0.15, -0.1) is 16.7 Å². The third-order valence-electron chi connectivity index (χ3n) is 2.47. The van der Waals surface area contributed by atoms with Crippen molar-refractivity contribution in [2.75, 3.05) is 30.5 Å². The molecule has 1 atom stereocenters. The number of carbonyl (C=O) groups excluding carboxylic acids is 1. The lowest BCUT2D eigenvalue weighted by molar-refractivity contribution is -0.121. The molecule has 2 heterocycles. The number of nitrogens with zero attached hydrogens (tertiary/aromatic N) is 3. The summed E-state index contributed by atoms with van der Waals surface area (Å²) in [6.07, 6.45) is 0.500. The van der Waals surface area contributed by atoms with E-state index in [1.165, 1.54) is 0 Å². The number of anilines is 1. The molecular formula is C9H13ClN4O3. The highest BCUT2D eigenvalue weighted by molar-refractivity contribution is 6.17. The fraction of sp³-hybridized carbons (Fsp3) is 0.667. The quantitative estimate of drug-likeness (QED) is 0.737. The number of carbonyl (C=O) groups is 1. The van der Waals surface area contributed by atoms with Gasteiger partial charge in [-0.3, -0.25) is 4.79 Å². The molecule has 8 heteroatoms. The highest BCUT2D eigenvalue weighted by atomic mass is 35.5. The van der Waals surface area contributed by atoms with E-state index in [1.807, 2.05) is 0 Å². The first-order valence-corrected chi connectivity index (χ1v) is 5.78. The Bertz CT molecular complexity index is 397. The van der Waals surface area contributed by atoms with Gasteiger partial charge in [-0.1, -0.05) is 5.10 Å². The van der Waals surface area contributed by atoms with Gasteiger partial charge in [0.2, 0.25) is 11.8 Å². The van der Waals surface area contributed by atoms with Crippen LogP contribution in [0.15, 0.2) is 4.42 Å². The number of halogens is 1. The summed E-state index contributed by atoms with van der Waals surface area (Å²) in [5, 5.41) is 7.72. The Balaban J connectivity index is 2.14. The number of aromatic nitrogens is 2. The number of hydrogen-bond donors (Lipinski definition) is 1. The molecule has 1 unspecified atom stereocenters. The summed E-state index contributed by atoms with van der Waals surface area (Å²) in [6.45, 7) is 1.23. The Labute approximate surface area is 103 Å². The first-order chi connectivity index (χ1) is 8.22. The fourth-order valence-electron chi connectivity index (χ4n) is 1.61. The maximum Gasteiger partial charge on any atom is 0.319 e. The van der Waals surface area contributed by atoms with Crippen LogP contribution in [0, 0.1) is 0 Å². The number of hydrogen-bond acceptors (Lipinski definition) is 6. The number of ether oxygens (including phenoxy) is 1. The molecule has 0 bridgehead atoms. The number of amides is 1. The molecule has 2 rings (SSSR count). The van der Waals surface area contributed by atoms with Crippen LogP contribution in [0.4, 0.5) is 6.01 Å². The van der Waals surface area contributed by atoms with Gasteiger partial charge < -0.3 is 19.8 Å². The Morgan fingerprint density at radius 3 is 3.12 bits per heavy atom. The molecule has 1 amide bonds. The van der Waals surface area contributed by atoms with Crippen LogP contribution in [0.5, 0.6) is 0 Å². The molecule has 0 radical (unpaired) electrons. The second-order valence-electron chi connectivity index (χ2n) is 3.60. The van der Waals surface area contributed by atoms with Crippen LogP contribution >= 0.6 is 11.6 Å². The van der Waals surface area contributed by atoms with Crippen LogP contribution in [-0.2, 0) is 16.0 Å². The van der Waals surface area contributed by atoms with Crippen molar-refractivity contribution in [3.8, 4) is 0 Å². The molecule has 17 heavy (non-hydrogen) atoms. The molecule has 0 saturated carbocycles. The number of nitrogens with two attached hydrogens (primary N) is 1. The number of morpholine rings is 1. The predicted octanol–water partition coefficient (Wildman–Crippen LogP) is -0.459. The average Bonchev–Trinajstić information content (AvgIpc) is 2.78. The molecule has 1 fully saturated rings. The molecule has 0 aromatic carbocycles. The molecule has 0 aliphatic carbocycles.